The predicted molar refractivity (Wildman–Crippen MR) is 81.1 cm³/mol. The molecular formula is C16H21NO3. The van der Waals surface area contributed by atoms with Crippen LogP contribution in [0.5, 0.6) is 11.5 Å². The zero-order valence-corrected chi connectivity index (χ0v) is 12.6. The molecule has 4 heteroatoms. The van der Waals surface area contributed by atoms with Crippen LogP contribution < -0.4 is 10.1 Å². The molecule has 0 saturated carbocycles. The number of hydrogen-bond acceptors (Lipinski definition) is 3. The van der Waals surface area contributed by atoms with Crippen LogP contribution in [-0.2, 0) is 4.79 Å². The fourth-order valence-electron chi connectivity index (χ4n) is 1.68. The van der Waals surface area contributed by atoms with Crippen LogP contribution in [0, 0.1) is 0 Å². The summed E-state index contributed by atoms with van der Waals surface area (Å²) in [5.41, 5.74) is 3.21. The Morgan fingerprint density at radius 1 is 1.25 bits per heavy atom. The fraction of sp³-hybridized carbons (Fsp3) is 0.312. The van der Waals surface area contributed by atoms with Gasteiger partial charge in [0, 0.05) is 17.3 Å². The number of benzene rings is 1. The van der Waals surface area contributed by atoms with Gasteiger partial charge in [0.2, 0.25) is 0 Å². The van der Waals surface area contributed by atoms with Crippen molar-refractivity contribution >= 4 is 11.6 Å². The minimum Gasteiger partial charge on any atom is -0.504 e. The van der Waals surface area contributed by atoms with E-state index in [1.54, 1.807) is 12.1 Å². The summed E-state index contributed by atoms with van der Waals surface area (Å²) in [4.78, 5) is 12.3. The number of aromatic hydroxyl groups is 1. The van der Waals surface area contributed by atoms with Crippen LogP contribution in [0.1, 0.15) is 27.7 Å². The van der Waals surface area contributed by atoms with E-state index in [0.717, 1.165) is 11.1 Å². The molecule has 20 heavy (non-hydrogen) atoms. The third-order valence-corrected chi connectivity index (χ3v) is 2.65. The van der Waals surface area contributed by atoms with Crippen molar-refractivity contribution in [3.8, 4) is 11.5 Å². The summed E-state index contributed by atoms with van der Waals surface area (Å²) >= 11 is 0. The van der Waals surface area contributed by atoms with E-state index < -0.39 is 0 Å². The van der Waals surface area contributed by atoms with Crippen molar-refractivity contribution in [1.82, 2.24) is 0 Å². The SMILES string of the molecule is COc1cc(NC(=O)C(C=C(C)C)=C(C)C)ccc1O. The number of carbonyl (C=O) groups is 1. The van der Waals surface area contributed by atoms with E-state index >= 15 is 0 Å². The lowest BCUT2D eigenvalue weighted by Gasteiger charge is -2.10. The largest absolute Gasteiger partial charge is 0.504 e. The van der Waals surface area contributed by atoms with Gasteiger partial charge in [0.25, 0.3) is 5.91 Å². The zero-order valence-electron chi connectivity index (χ0n) is 12.6. The van der Waals surface area contributed by atoms with Gasteiger partial charge in [-0.2, -0.15) is 0 Å². The molecule has 0 atom stereocenters. The van der Waals surface area contributed by atoms with Gasteiger partial charge in [-0.1, -0.05) is 17.2 Å². The maximum atomic E-state index is 12.3. The van der Waals surface area contributed by atoms with Crippen LogP contribution in [-0.4, -0.2) is 18.1 Å². The molecule has 0 saturated heterocycles. The van der Waals surface area contributed by atoms with Gasteiger partial charge in [0.05, 0.1) is 7.11 Å². The van der Waals surface area contributed by atoms with Crippen LogP contribution in [0.3, 0.4) is 0 Å². The molecule has 1 aromatic rings. The summed E-state index contributed by atoms with van der Waals surface area (Å²) in [6.07, 6.45) is 1.85. The minimum atomic E-state index is -0.182. The first-order valence-electron chi connectivity index (χ1n) is 6.36. The van der Waals surface area contributed by atoms with Crippen molar-refractivity contribution in [2.75, 3.05) is 12.4 Å². The second-order valence-corrected chi connectivity index (χ2v) is 4.98. The van der Waals surface area contributed by atoms with E-state index in [0.29, 0.717) is 17.0 Å². The number of hydrogen-bond donors (Lipinski definition) is 2. The maximum absolute atomic E-state index is 12.3. The van der Waals surface area contributed by atoms with Crippen molar-refractivity contribution in [2.24, 2.45) is 0 Å². The monoisotopic (exact) mass is 275 g/mol. The van der Waals surface area contributed by atoms with Crippen molar-refractivity contribution in [1.29, 1.82) is 0 Å². The average Bonchev–Trinajstić information content (AvgIpc) is 2.37. The molecule has 0 aliphatic rings. The molecule has 0 unspecified atom stereocenters. The Balaban J connectivity index is 3.01. The molecule has 1 rings (SSSR count). The summed E-state index contributed by atoms with van der Waals surface area (Å²) in [5, 5.41) is 12.3. The Labute approximate surface area is 119 Å². The van der Waals surface area contributed by atoms with E-state index in [9.17, 15) is 9.90 Å². The van der Waals surface area contributed by atoms with E-state index in [2.05, 4.69) is 5.32 Å². The van der Waals surface area contributed by atoms with Gasteiger partial charge in [0.1, 0.15) is 0 Å². The van der Waals surface area contributed by atoms with Gasteiger partial charge < -0.3 is 15.2 Å². The molecule has 0 fully saturated rings. The Kier molecular flexibility index (Phi) is 5.38. The van der Waals surface area contributed by atoms with E-state index in [4.69, 9.17) is 4.74 Å². The lowest BCUT2D eigenvalue weighted by Crippen LogP contribution is -2.14. The maximum Gasteiger partial charge on any atom is 0.255 e. The Morgan fingerprint density at radius 3 is 2.40 bits per heavy atom. The quantitative estimate of drug-likeness (QED) is 0.501. The number of phenolic OH excluding ortho intramolecular Hbond substituents is 1. The minimum absolute atomic E-state index is 0.0391. The molecule has 0 aromatic heterocycles. The van der Waals surface area contributed by atoms with Crippen molar-refractivity contribution < 1.29 is 14.6 Å². The molecule has 0 spiro atoms. The predicted octanol–water partition coefficient (Wildman–Crippen LogP) is 3.64. The Morgan fingerprint density at radius 2 is 1.90 bits per heavy atom. The topological polar surface area (TPSA) is 58.6 Å². The summed E-state index contributed by atoms with van der Waals surface area (Å²) < 4.78 is 5.01. The number of amides is 1. The number of methoxy groups -OCH3 is 1. The first-order valence-corrected chi connectivity index (χ1v) is 6.36. The van der Waals surface area contributed by atoms with Crippen LogP contribution in [0.25, 0.3) is 0 Å². The number of allylic oxidation sites excluding steroid dienone is 2. The van der Waals surface area contributed by atoms with Gasteiger partial charge >= 0.3 is 0 Å². The molecular weight excluding hydrogens is 254 g/mol. The van der Waals surface area contributed by atoms with Crippen LogP contribution in [0.4, 0.5) is 5.69 Å². The highest BCUT2D eigenvalue weighted by Gasteiger charge is 2.10. The van der Waals surface area contributed by atoms with Crippen LogP contribution in [0.2, 0.25) is 0 Å². The first-order chi connectivity index (χ1) is 9.35. The van der Waals surface area contributed by atoms with Crippen LogP contribution >= 0.6 is 0 Å². The second kappa shape index (κ2) is 6.80. The van der Waals surface area contributed by atoms with Gasteiger partial charge in [0.15, 0.2) is 11.5 Å². The fourth-order valence-corrected chi connectivity index (χ4v) is 1.68. The third-order valence-electron chi connectivity index (χ3n) is 2.65. The average molecular weight is 275 g/mol. The smallest absolute Gasteiger partial charge is 0.255 e. The molecule has 0 radical (unpaired) electrons. The summed E-state index contributed by atoms with van der Waals surface area (Å²) in [6.45, 7) is 7.68. The highest BCUT2D eigenvalue weighted by atomic mass is 16.5. The highest BCUT2D eigenvalue weighted by Crippen LogP contribution is 2.28. The molecule has 0 aliphatic heterocycles. The standard InChI is InChI=1S/C16H21NO3/c1-10(2)8-13(11(3)4)16(19)17-12-6-7-14(18)15(9-12)20-5/h6-9,18H,1-5H3,(H,17,19). The highest BCUT2D eigenvalue weighted by molar-refractivity contribution is 6.06. The summed E-state index contributed by atoms with van der Waals surface area (Å²) in [7, 11) is 1.46. The van der Waals surface area contributed by atoms with Gasteiger partial charge in [-0.3, -0.25) is 4.79 Å². The van der Waals surface area contributed by atoms with Gasteiger partial charge in [-0.25, -0.2) is 0 Å². The molecule has 0 aliphatic carbocycles. The van der Waals surface area contributed by atoms with Crippen LogP contribution in [0.15, 0.2) is 41.0 Å². The molecule has 1 amide bonds. The number of carbonyl (C=O) groups excluding carboxylic acids is 1. The van der Waals surface area contributed by atoms with Crippen molar-refractivity contribution in [3.05, 3.63) is 41.0 Å². The number of nitrogens with one attached hydrogen (secondary N) is 1. The lowest BCUT2D eigenvalue weighted by atomic mass is 10.1. The second-order valence-electron chi connectivity index (χ2n) is 4.98. The van der Waals surface area contributed by atoms with Crippen molar-refractivity contribution in [3.63, 3.8) is 0 Å². The van der Waals surface area contributed by atoms with Gasteiger partial charge in [-0.05, 0) is 39.8 Å². The molecule has 0 heterocycles. The number of anilines is 1. The first kappa shape index (κ1) is 15.8. The molecule has 108 valence electrons. The third kappa shape index (κ3) is 4.16. The number of rotatable bonds is 4. The van der Waals surface area contributed by atoms with Gasteiger partial charge in [-0.15, -0.1) is 0 Å². The number of phenols is 1. The molecule has 1 aromatic carbocycles. The van der Waals surface area contributed by atoms with E-state index in [-0.39, 0.29) is 11.7 Å². The molecule has 2 N–H and O–H groups in total. The molecule has 4 nitrogen and oxygen atoms in total. The summed E-state index contributed by atoms with van der Waals surface area (Å²) in [5.74, 6) is 0.181. The Bertz CT molecular complexity index is 563. The molecule has 0 bridgehead atoms. The van der Waals surface area contributed by atoms with E-state index in [1.165, 1.54) is 13.2 Å². The summed E-state index contributed by atoms with van der Waals surface area (Å²) in [6, 6.07) is 4.69. The Hall–Kier alpha value is -2.23. The number of ether oxygens (including phenoxy) is 1. The normalized spacial score (nSPS) is 9.65. The van der Waals surface area contributed by atoms with Crippen molar-refractivity contribution in [2.45, 2.75) is 27.7 Å². The zero-order chi connectivity index (χ0) is 15.3. The lowest BCUT2D eigenvalue weighted by molar-refractivity contribution is -0.112. The van der Waals surface area contributed by atoms with E-state index in [1.807, 2.05) is 33.8 Å².